The number of anilines is 1. The Morgan fingerprint density at radius 2 is 1.67 bits per heavy atom. The monoisotopic (exact) mass is 482 g/mol. The first-order valence-corrected chi connectivity index (χ1v) is 11.8. The number of amides is 2. The number of allylic oxidation sites excluding steroid dienone is 1. The first-order chi connectivity index (χ1) is 17.2. The molecule has 0 radical (unpaired) electrons. The molecule has 0 fully saturated rings. The van der Waals surface area contributed by atoms with E-state index in [2.05, 4.69) is 27.6 Å². The standard InChI is InChI=1S/C29H27FN4O2/c1-16-11-17(2)13-24(12-16)34-20(5)25(26(31-29(34)35)21-10-9-18(3)19(4)14-21)28-32-27(33-36-28)22-7-6-8-23(30)15-22/h6-15,26H,1-5H3,(H,31,35). The minimum Gasteiger partial charge on any atom is -0.334 e. The fourth-order valence-corrected chi connectivity index (χ4v) is 4.68. The predicted octanol–water partition coefficient (Wildman–Crippen LogP) is 6.81. The maximum atomic E-state index is 13.8. The van der Waals surface area contributed by atoms with Gasteiger partial charge in [-0.2, -0.15) is 4.98 Å². The highest BCUT2D eigenvalue weighted by atomic mass is 19.1. The normalized spacial score (nSPS) is 15.9. The van der Waals surface area contributed by atoms with Gasteiger partial charge in [-0.25, -0.2) is 9.18 Å². The van der Waals surface area contributed by atoms with Gasteiger partial charge in [0.05, 0.1) is 17.3 Å². The van der Waals surface area contributed by atoms with E-state index < -0.39 is 6.04 Å². The number of carbonyl (C=O) groups excluding carboxylic acids is 1. The van der Waals surface area contributed by atoms with Gasteiger partial charge < -0.3 is 9.84 Å². The van der Waals surface area contributed by atoms with Gasteiger partial charge in [0.25, 0.3) is 5.89 Å². The van der Waals surface area contributed by atoms with Crippen molar-refractivity contribution in [1.82, 2.24) is 15.5 Å². The summed E-state index contributed by atoms with van der Waals surface area (Å²) >= 11 is 0. The number of nitrogens with zero attached hydrogens (tertiary/aromatic N) is 3. The second-order valence-electron chi connectivity index (χ2n) is 9.34. The molecule has 1 atom stereocenters. The molecule has 5 rings (SSSR count). The number of aromatic nitrogens is 2. The zero-order valence-corrected chi connectivity index (χ0v) is 20.9. The van der Waals surface area contributed by atoms with E-state index in [4.69, 9.17) is 4.52 Å². The van der Waals surface area contributed by atoms with Gasteiger partial charge in [0, 0.05) is 11.3 Å². The van der Waals surface area contributed by atoms with Crippen LogP contribution in [0, 0.1) is 33.5 Å². The summed E-state index contributed by atoms with van der Waals surface area (Å²) < 4.78 is 19.5. The molecule has 7 heteroatoms. The van der Waals surface area contributed by atoms with Gasteiger partial charge in [-0.3, -0.25) is 4.90 Å². The van der Waals surface area contributed by atoms with Crippen LogP contribution in [0.5, 0.6) is 0 Å². The van der Waals surface area contributed by atoms with E-state index in [0.717, 1.165) is 33.5 Å². The van der Waals surface area contributed by atoms with E-state index in [9.17, 15) is 9.18 Å². The molecule has 0 saturated heterocycles. The van der Waals surface area contributed by atoms with Crippen molar-refractivity contribution < 1.29 is 13.7 Å². The molecular weight excluding hydrogens is 455 g/mol. The lowest BCUT2D eigenvalue weighted by atomic mass is 9.92. The first-order valence-electron chi connectivity index (χ1n) is 11.8. The van der Waals surface area contributed by atoms with Crippen molar-refractivity contribution in [2.45, 2.75) is 40.7 Å². The highest BCUT2D eigenvalue weighted by Crippen LogP contribution is 2.39. The summed E-state index contributed by atoms with van der Waals surface area (Å²) in [6.07, 6.45) is 0. The molecule has 0 saturated carbocycles. The van der Waals surface area contributed by atoms with Gasteiger partial charge in [0.15, 0.2) is 0 Å². The zero-order valence-electron chi connectivity index (χ0n) is 20.9. The fourth-order valence-electron chi connectivity index (χ4n) is 4.68. The van der Waals surface area contributed by atoms with Crippen LogP contribution in [-0.2, 0) is 0 Å². The third-order valence-electron chi connectivity index (χ3n) is 6.55. The molecule has 1 aromatic heterocycles. The highest BCUT2D eigenvalue weighted by Gasteiger charge is 2.36. The van der Waals surface area contributed by atoms with Gasteiger partial charge in [0.2, 0.25) is 5.82 Å². The molecule has 1 aliphatic rings. The van der Waals surface area contributed by atoms with E-state index in [1.54, 1.807) is 17.0 Å². The van der Waals surface area contributed by atoms with Crippen LogP contribution in [0.4, 0.5) is 14.9 Å². The third-order valence-corrected chi connectivity index (χ3v) is 6.55. The molecule has 2 amide bonds. The molecule has 1 unspecified atom stereocenters. The number of halogens is 1. The van der Waals surface area contributed by atoms with Crippen LogP contribution in [0.1, 0.15) is 46.7 Å². The lowest BCUT2D eigenvalue weighted by Gasteiger charge is -2.35. The van der Waals surface area contributed by atoms with Crippen molar-refractivity contribution in [2.24, 2.45) is 0 Å². The second-order valence-corrected chi connectivity index (χ2v) is 9.34. The summed E-state index contributed by atoms with van der Waals surface area (Å²) in [7, 11) is 0. The number of urea groups is 1. The number of rotatable bonds is 4. The maximum absolute atomic E-state index is 13.8. The Kier molecular flexibility index (Phi) is 5.92. The minimum atomic E-state index is -0.500. The Labute approximate surface area is 209 Å². The van der Waals surface area contributed by atoms with Crippen LogP contribution >= 0.6 is 0 Å². The minimum absolute atomic E-state index is 0.241. The molecule has 1 N–H and O–H groups in total. The van der Waals surface area contributed by atoms with E-state index >= 15 is 0 Å². The lowest BCUT2D eigenvalue weighted by Crippen LogP contribution is -2.46. The predicted molar refractivity (Wildman–Crippen MR) is 138 cm³/mol. The molecule has 4 aromatic rings. The quantitative estimate of drug-likeness (QED) is 0.347. The first kappa shape index (κ1) is 23.5. The van der Waals surface area contributed by atoms with Gasteiger partial charge in [-0.15, -0.1) is 0 Å². The topological polar surface area (TPSA) is 71.3 Å². The number of hydrogen-bond donors (Lipinski definition) is 1. The molecule has 0 aliphatic carbocycles. The van der Waals surface area contributed by atoms with E-state index in [1.807, 2.05) is 58.9 Å². The van der Waals surface area contributed by atoms with E-state index in [-0.39, 0.29) is 23.6 Å². The summed E-state index contributed by atoms with van der Waals surface area (Å²) in [5.41, 5.74) is 7.91. The van der Waals surface area contributed by atoms with Gasteiger partial charge in [-0.05, 0) is 86.7 Å². The van der Waals surface area contributed by atoms with Crippen LogP contribution in [0.25, 0.3) is 17.0 Å². The number of nitrogens with one attached hydrogen (secondary N) is 1. The third kappa shape index (κ3) is 4.28. The average molecular weight is 483 g/mol. The average Bonchev–Trinajstić information content (AvgIpc) is 3.30. The molecule has 3 aromatic carbocycles. The van der Waals surface area contributed by atoms with Crippen molar-refractivity contribution in [2.75, 3.05) is 4.90 Å². The van der Waals surface area contributed by atoms with Crippen molar-refractivity contribution in [3.63, 3.8) is 0 Å². The highest BCUT2D eigenvalue weighted by molar-refractivity contribution is 6.01. The Bertz CT molecular complexity index is 1500. The van der Waals surface area contributed by atoms with E-state index in [1.165, 1.54) is 12.1 Å². The van der Waals surface area contributed by atoms with Crippen molar-refractivity contribution >= 4 is 17.3 Å². The maximum Gasteiger partial charge on any atom is 0.326 e. The fraction of sp³-hybridized carbons (Fsp3) is 0.207. The largest absolute Gasteiger partial charge is 0.334 e. The Morgan fingerprint density at radius 1 is 0.917 bits per heavy atom. The Hall–Kier alpha value is -4.26. The second kappa shape index (κ2) is 9.07. The van der Waals surface area contributed by atoms with Crippen LogP contribution < -0.4 is 10.2 Å². The number of benzene rings is 3. The summed E-state index contributed by atoms with van der Waals surface area (Å²) in [6, 6.07) is 17.4. The van der Waals surface area contributed by atoms with Gasteiger partial charge in [0.1, 0.15) is 5.82 Å². The zero-order chi connectivity index (χ0) is 25.6. The molecular formula is C29H27FN4O2. The molecule has 2 heterocycles. The van der Waals surface area contributed by atoms with Gasteiger partial charge in [-0.1, -0.05) is 41.6 Å². The number of carbonyl (C=O) groups is 1. The molecule has 182 valence electrons. The smallest absolute Gasteiger partial charge is 0.326 e. The van der Waals surface area contributed by atoms with Crippen LogP contribution in [0.15, 0.2) is 70.9 Å². The lowest BCUT2D eigenvalue weighted by molar-refractivity contribution is 0.244. The Balaban J connectivity index is 1.69. The summed E-state index contributed by atoms with van der Waals surface area (Å²) in [5.74, 6) is 0.163. The molecule has 0 spiro atoms. The van der Waals surface area contributed by atoms with Crippen molar-refractivity contribution in [3.8, 4) is 11.4 Å². The summed E-state index contributed by atoms with van der Waals surface area (Å²) in [6.45, 7) is 9.97. The summed E-state index contributed by atoms with van der Waals surface area (Å²) in [5, 5.41) is 7.27. The van der Waals surface area contributed by atoms with Crippen molar-refractivity contribution in [3.05, 3.63) is 106 Å². The Morgan fingerprint density at radius 3 is 2.36 bits per heavy atom. The van der Waals surface area contributed by atoms with Crippen molar-refractivity contribution in [1.29, 1.82) is 0 Å². The summed E-state index contributed by atoms with van der Waals surface area (Å²) in [4.78, 5) is 19.7. The molecule has 6 nitrogen and oxygen atoms in total. The molecule has 0 bridgehead atoms. The van der Waals surface area contributed by atoms with Gasteiger partial charge >= 0.3 is 6.03 Å². The van der Waals surface area contributed by atoms with Crippen LogP contribution in [-0.4, -0.2) is 16.2 Å². The molecule has 36 heavy (non-hydrogen) atoms. The van der Waals surface area contributed by atoms with Crippen LogP contribution in [0.2, 0.25) is 0 Å². The number of hydrogen-bond acceptors (Lipinski definition) is 4. The SMILES string of the molecule is CC1=C(c2nc(-c3cccc(F)c3)no2)C(c2ccc(C)c(C)c2)NC(=O)N1c1cc(C)cc(C)c1. The van der Waals surface area contributed by atoms with E-state index in [0.29, 0.717) is 16.8 Å². The molecule has 1 aliphatic heterocycles. The van der Waals surface area contributed by atoms with Crippen LogP contribution in [0.3, 0.4) is 0 Å². The number of aryl methyl sites for hydroxylation is 4.